The molecule has 0 saturated heterocycles. The Morgan fingerprint density at radius 3 is 2.63 bits per heavy atom. The van der Waals surface area contributed by atoms with E-state index in [0.29, 0.717) is 17.7 Å². The van der Waals surface area contributed by atoms with Crippen LogP contribution in [0.2, 0.25) is 0 Å². The number of nitrogens with zero attached hydrogens (tertiary/aromatic N) is 1. The van der Waals surface area contributed by atoms with Crippen LogP contribution in [0.1, 0.15) is 37.4 Å². The van der Waals surface area contributed by atoms with Crippen molar-refractivity contribution in [3.05, 3.63) is 74.6 Å². The van der Waals surface area contributed by atoms with Gasteiger partial charge in [0.05, 0.1) is 24.8 Å². The van der Waals surface area contributed by atoms with Gasteiger partial charge in [0.1, 0.15) is 5.58 Å². The summed E-state index contributed by atoms with van der Waals surface area (Å²) in [4.78, 5) is 38.4. The smallest absolute Gasteiger partial charge is 0.338 e. The molecule has 6 nitrogen and oxygen atoms in total. The zero-order chi connectivity index (χ0) is 19.3. The number of carbonyl (C=O) groups is 2. The van der Waals surface area contributed by atoms with Gasteiger partial charge in [-0.15, -0.1) is 0 Å². The lowest BCUT2D eigenvalue weighted by atomic mass is 10.0. The summed E-state index contributed by atoms with van der Waals surface area (Å²) in [6.45, 7) is 4.05. The van der Waals surface area contributed by atoms with Crippen molar-refractivity contribution in [1.82, 2.24) is 0 Å². The van der Waals surface area contributed by atoms with Crippen LogP contribution in [0.5, 0.6) is 0 Å². The Hall–Kier alpha value is -3.41. The van der Waals surface area contributed by atoms with Crippen LogP contribution in [0.4, 0.5) is 5.69 Å². The third-order valence-corrected chi connectivity index (χ3v) is 4.90. The van der Waals surface area contributed by atoms with Gasteiger partial charge < -0.3 is 14.1 Å². The van der Waals surface area contributed by atoms with E-state index in [4.69, 9.17) is 9.15 Å². The number of carbonyl (C=O) groups excluding carboxylic acids is 2. The fourth-order valence-electron chi connectivity index (χ4n) is 3.58. The second-order valence-electron chi connectivity index (χ2n) is 6.61. The molecule has 1 amide bonds. The summed E-state index contributed by atoms with van der Waals surface area (Å²) in [6.07, 6.45) is 0. The normalized spacial score (nSPS) is 13.1. The van der Waals surface area contributed by atoms with Gasteiger partial charge in [-0.25, -0.2) is 9.59 Å². The zero-order valence-corrected chi connectivity index (χ0v) is 15.2. The first-order valence-electron chi connectivity index (χ1n) is 8.48. The van der Waals surface area contributed by atoms with Crippen LogP contribution in [0.3, 0.4) is 0 Å². The Morgan fingerprint density at radius 2 is 1.89 bits per heavy atom. The molecule has 0 aliphatic carbocycles. The lowest BCUT2D eigenvalue weighted by Crippen LogP contribution is -2.25. The largest absolute Gasteiger partial charge is 0.465 e. The Bertz CT molecular complexity index is 1180. The Morgan fingerprint density at radius 1 is 1.11 bits per heavy atom. The molecule has 0 spiro atoms. The molecular formula is C21H17NO5. The van der Waals surface area contributed by atoms with E-state index in [0.717, 1.165) is 27.8 Å². The van der Waals surface area contributed by atoms with E-state index in [1.54, 1.807) is 23.1 Å². The minimum atomic E-state index is -0.532. The quantitative estimate of drug-likeness (QED) is 0.515. The summed E-state index contributed by atoms with van der Waals surface area (Å²) in [7, 11) is 1.29. The number of hydrogen-bond acceptors (Lipinski definition) is 5. The fraction of sp³-hybridized carbons (Fsp3) is 0.190. The predicted octanol–water partition coefficient (Wildman–Crippen LogP) is 3.36. The molecule has 6 heteroatoms. The van der Waals surface area contributed by atoms with E-state index in [1.807, 2.05) is 26.0 Å². The third kappa shape index (κ3) is 2.61. The molecule has 1 aromatic heterocycles. The van der Waals surface area contributed by atoms with E-state index in [1.165, 1.54) is 13.2 Å². The molecule has 0 fully saturated rings. The van der Waals surface area contributed by atoms with Crippen LogP contribution in [0, 0.1) is 13.8 Å². The molecule has 4 rings (SSSR count). The predicted molar refractivity (Wildman–Crippen MR) is 100 cm³/mol. The van der Waals surface area contributed by atoms with Gasteiger partial charge in [0.15, 0.2) is 0 Å². The molecule has 1 aliphatic heterocycles. The van der Waals surface area contributed by atoms with Crippen molar-refractivity contribution >= 4 is 28.5 Å². The lowest BCUT2D eigenvalue weighted by Gasteiger charge is -2.19. The second kappa shape index (κ2) is 6.09. The van der Waals surface area contributed by atoms with Crippen molar-refractivity contribution in [3.8, 4) is 0 Å². The molecule has 1 aliphatic rings. The van der Waals surface area contributed by atoms with Gasteiger partial charge in [-0.05, 0) is 48.7 Å². The van der Waals surface area contributed by atoms with Gasteiger partial charge in [0.25, 0.3) is 5.91 Å². The lowest BCUT2D eigenvalue weighted by molar-refractivity contribution is 0.0597. The molecule has 2 heterocycles. The van der Waals surface area contributed by atoms with Gasteiger partial charge in [-0.1, -0.05) is 12.1 Å². The van der Waals surface area contributed by atoms with Crippen LogP contribution in [-0.2, 0) is 11.3 Å². The van der Waals surface area contributed by atoms with Gasteiger partial charge in [0.2, 0.25) is 0 Å². The minimum absolute atomic E-state index is 0.247. The van der Waals surface area contributed by atoms with Crippen LogP contribution in [-0.4, -0.2) is 19.0 Å². The molecule has 3 aromatic rings. The van der Waals surface area contributed by atoms with E-state index in [2.05, 4.69) is 0 Å². The Balaban J connectivity index is 1.86. The second-order valence-corrected chi connectivity index (χ2v) is 6.61. The molecule has 136 valence electrons. The summed E-state index contributed by atoms with van der Waals surface area (Å²) in [6, 6.07) is 10.2. The van der Waals surface area contributed by atoms with Crippen molar-refractivity contribution in [2.75, 3.05) is 12.0 Å². The highest BCUT2D eigenvalue weighted by Gasteiger charge is 2.33. The molecule has 0 bridgehead atoms. The maximum Gasteiger partial charge on any atom is 0.338 e. The highest BCUT2D eigenvalue weighted by molar-refractivity contribution is 6.16. The van der Waals surface area contributed by atoms with Crippen molar-refractivity contribution < 1.29 is 18.7 Å². The Kier molecular flexibility index (Phi) is 3.84. The van der Waals surface area contributed by atoms with Crippen LogP contribution in [0.25, 0.3) is 11.0 Å². The average molecular weight is 363 g/mol. The Labute approximate surface area is 155 Å². The highest BCUT2D eigenvalue weighted by Crippen LogP contribution is 2.35. The number of rotatable bonds is 2. The molecule has 0 saturated carbocycles. The number of anilines is 1. The summed E-state index contributed by atoms with van der Waals surface area (Å²) < 4.78 is 10.1. The number of amides is 1. The molecule has 0 N–H and O–H groups in total. The number of benzene rings is 2. The van der Waals surface area contributed by atoms with E-state index < -0.39 is 11.6 Å². The summed E-state index contributed by atoms with van der Waals surface area (Å²) in [5, 5.41) is 0.771. The first-order chi connectivity index (χ1) is 12.9. The highest BCUT2D eigenvalue weighted by atomic mass is 16.5. The van der Waals surface area contributed by atoms with Crippen LogP contribution < -0.4 is 10.5 Å². The van der Waals surface area contributed by atoms with E-state index in [9.17, 15) is 14.4 Å². The van der Waals surface area contributed by atoms with Crippen molar-refractivity contribution in [2.45, 2.75) is 20.4 Å². The van der Waals surface area contributed by atoms with Crippen LogP contribution >= 0.6 is 0 Å². The number of hydrogen-bond donors (Lipinski definition) is 0. The topological polar surface area (TPSA) is 76.8 Å². The van der Waals surface area contributed by atoms with Gasteiger partial charge in [-0.3, -0.25) is 4.79 Å². The maximum atomic E-state index is 13.1. The van der Waals surface area contributed by atoms with Gasteiger partial charge >= 0.3 is 11.6 Å². The van der Waals surface area contributed by atoms with Crippen molar-refractivity contribution in [3.63, 3.8) is 0 Å². The number of ether oxygens (including phenoxy) is 1. The monoisotopic (exact) mass is 363 g/mol. The first kappa shape index (κ1) is 17.0. The molecule has 2 aromatic carbocycles. The summed E-state index contributed by atoms with van der Waals surface area (Å²) in [5.74, 6) is -0.779. The van der Waals surface area contributed by atoms with Crippen molar-refractivity contribution in [2.24, 2.45) is 0 Å². The van der Waals surface area contributed by atoms with Gasteiger partial charge in [0, 0.05) is 17.1 Å². The SMILES string of the molecule is COC(=O)c1cccc2c1C(=O)N(c1cc3c(C)cc(=O)oc3cc1C)C2. The number of fused-ring (bicyclic) bond motifs is 2. The molecule has 0 atom stereocenters. The third-order valence-electron chi connectivity index (χ3n) is 4.90. The maximum absolute atomic E-state index is 13.1. The van der Waals surface area contributed by atoms with E-state index >= 15 is 0 Å². The fourth-order valence-corrected chi connectivity index (χ4v) is 3.58. The van der Waals surface area contributed by atoms with Crippen LogP contribution in [0.15, 0.2) is 45.6 Å². The number of methoxy groups -OCH3 is 1. The number of aryl methyl sites for hydroxylation is 2. The van der Waals surface area contributed by atoms with Gasteiger partial charge in [-0.2, -0.15) is 0 Å². The summed E-state index contributed by atoms with van der Waals surface area (Å²) in [5.41, 5.74) is 3.80. The van der Waals surface area contributed by atoms with Crippen molar-refractivity contribution in [1.29, 1.82) is 0 Å². The standard InChI is InChI=1S/C21H17NO5/c1-11-8-18(23)27-17-7-12(2)16(9-15(11)17)22-10-13-5-4-6-14(21(25)26-3)19(13)20(22)24/h4-9H,10H2,1-3H3. The summed E-state index contributed by atoms with van der Waals surface area (Å²) >= 11 is 0. The first-order valence-corrected chi connectivity index (χ1v) is 8.48. The molecule has 0 unspecified atom stereocenters. The molecular weight excluding hydrogens is 346 g/mol. The average Bonchev–Trinajstić information content (AvgIpc) is 2.97. The molecule has 0 radical (unpaired) electrons. The number of esters is 1. The van der Waals surface area contributed by atoms with E-state index in [-0.39, 0.29) is 11.5 Å². The zero-order valence-electron chi connectivity index (χ0n) is 15.2. The molecule has 27 heavy (non-hydrogen) atoms. The minimum Gasteiger partial charge on any atom is -0.465 e.